The summed E-state index contributed by atoms with van der Waals surface area (Å²) in [5.41, 5.74) is 19.3. The molecule has 0 unspecified atom stereocenters. The van der Waals surface area contributed by atoms with Gasteiger partial charge in [-0.2, -0.15) is 0 Å². The highest BCUT2D eigenvalue weighted by atomic mass is 16.3. The summed E-state index contributed by atoms with van der Waals surface area (Å²) in [4.78, 5) is 0. The van der Waals surface area contributed by atoms with E-state index in [1.54, 1.807) is 0 Å². The minimum atomic E-state index is -0.114. The van der Waals surface area contributed by atoms with E-state index in [0.717, 1.165) is 11.2 Å². The van der Waals surface area contributed by atoms with Crippen molar-refractivity contribution in [3.63, 3.8) is 0 Å². The topological polar surface area (TPSA) is 13.1 Å². The van der Waals surface area contributed by atoms with Gasteiger partial charge in [-0.25, -0.2) is 0 Å². The van der Waals surface area contributed by atoms with E-state index in [1.165, 1.54) is 83.1 Å². The van der Waals surface area contributed by atoms with E-state index in [-0.39, 0.29) is 16.2 Å². The van der Waals surface area contributed by atoms with E-state index in [9.17, 15) is 0 Å². The Labute approximate surface area is 277 Å². The fraction of sp³-hybridized carbons (Fsp3) is 0.217. The van der Waals surface area contributed by atoms with Crippen LogP contribution in [0.3, 0.4) is 0 Å². The van der Waals surface area contributed by atoms with Gasteiger partial charge in [-0.05, 0) is 120 Å². The lowest BCUT2D eigenvalue weighted by molar-refractivity contribution is 0.590. The molecule has 0 fully saturated rings. The SMILES string of the molecule is CC(C)(C)c1ccc2oc3ccc(-c4ccc5c(c4)C(C)(C)c4cc(-c6ccc7c(c6)C(C)(C)c6ccccc6-7)ccc4-5)cc3c2c1. The van der Waals surface area contributed by atoms with Crippen LogP contribution in [0.1, 0.15) is 76.3 Å². The Balaban J connectivity index is 1.10. The molecule has 2 aliphatic rings. The molecule has 0 saturated heterocycles. The first kappa shape index (κ1) is 28.4. The van der Waals surface area contributed by atoms with Crippen LogP contribution in [0.25, 0.3) is 66.4 Å². The van der Waals surface area contributed by atoms with Gasteiger partial charge in [0, 0.05) is 21.6 Å². The molecule has 6 aromatic carbocycles. The van der Waals surface area contributed by atoms with E-state index in [4.69, 9.17) is 4.42 Å². The molecule has 1 nitrogen and oxygen atoms in total. The molecule has 0 atom stereocenters. The Kier molecular flexibility index (Phi) is 5.64. The minimum absolute atomic E-state index is 0.00872. The molecule has 1 heteroatoms. The van der Waals surface area contributed by atoms with Gasteiger partial charge < -0.3 is 4.42 Å². The van der Waals surface area contributed by atoms with E-state index in [1.807, 2.05) is 0 Å². The molecule has 0 bridgehead atoms. The zero-order chi connectivity index (χ0) is 32.5. The van der Waals surface area contributed by atoms with Gasteiger partial charge in [0.1, 0.15) is 11.2 Å². The van der Waals surface area contributed by atoms with Gasteiger partial charge in [0.05, 0.1) is 0 Å². The van der Waals surface area contributed by atoms with Crippen LogP contribution < -0.4 is 0 Å². The highest BCUT2D eigenvalue weighted by molar-refractivity contribution is 6.06. The third kappa shape index (κ3) is 4.02. The van der Waals surface area contributed by atoms with Crippen molar-refractivity contribution in [3.05, 3.63) is 143 Å². The molecule has 0 saturated carbocycles. The fourth-order valence-corrected chi connectivity index (χ4v) is 8.40. The van der Waals surface area contributed by atoms with Crippen LogP contribution in [0.2, 0.25) is 0 Å². The summed E-state index contributed by atoms with van der Waals surface area (Å²) in [6.45, 7) is 16.3. The summed E-state index contributed by atoms with van der Waals surface area (Å²) in [6.07, 6.45) is 0. The van der Waals surface area contributed by atoms with Gasteiger partial charge in [0.2, 0.25) is 0 Å². The number of fused-ring (bicyclic) bond motifs is 9. The Morgan fingerprint density at radius 3 is 1.40 bits per heavy atom. The first-order valence-corrected chi connectivity index (χ1v) is 16.9. The van der Waals surface area contributed by atoms with Crippen LogP contribution >= 0.6 is 0 Å². The molecule has 9 rings (SSSR count). The van der Waals surface area contributed by atoms with Crippen molar-refractivity contribution in [3.8, 4) is 44.5 Å². The molecule has 230 valence electrons. The molecule has 1 aromatic heterocycles. The second-order valence-electron chi connectivity index (χ2n) is 15.9. The number of rotatable bonds is 2. The van der Waals surface area contributed by atoms with Crippen molar-refractivity contribution in [2.24, 2.45) is 0 Å². The number of hydrogen-bond donors (Lipinski definition) is 0. The Morgan fingerprint density at radius 1 is 0.426 bits per heavy atom. The first-order chi connectivity index (χ1) is 22.4. The minimum Gasteiger partial charge on any atom is -0.456 e. The van der Waals surface area contributed by atoms with Gasteiger partial charge in [-0.1, -0.05) is 121 Å². The molecular weight excluding hydrogens is 569 g/mol. The lowest BCUT2D eigenvalue weighted by Crippen LogP contribution is -2.15. The van der Waals surface area contributed by atoms with Crippen molar-refractivity contribution in [2.75, 3.05) is 0 Å². The summed E-state index contributed by atoms with van der Waals surface area (Å²) in [5, 5.41) is 2.37. The van der Waals surface area contributed by atoms with Crippen molar-refractivity contribution in [1.29, 1.82) is 0 Å². The van der Waals surface area contributed by atoms with Crippen molar-refractivity contribution < 1.29 is 4.42 Å². The van der Waals surface area contributed by atoms with Crippen LogP contribution in [0.15, 0.2) is 120 Å². The van der Waals surface area contributed by atoms with E-state index < -0.39 is 0 Å². The summed E-state index contributed by atoms with van der Waals surface area (Å²) >= 11 is 0. The standard InChI is InChI=1S/C46H40O/c1-44(2,3)31-16-21-43-37(26-31)36-22-27(15-20-42(36)47-43)28-12-18-34-35-19-14-30(25-41(35)46(6,7)40(34)23-28)29-13-17-33-32-10-8-9-11-38(32)45(4,5)39(33)24-29/h8-26H,1-7H3. The van der Waals surface area contributed by atoms with Gasteiger partial charge >= 0.3 is 0 Å². The number of hydrogen-bond acceptors (Lipinski definition) is 1. The Morgan fingerprint density at radius 2 is 0.851 bits per heavy atom. The third-order valence-corrected chi connectivity index (χ3v) is 11.3. The number of benzene rings is 6. The summed E-state index contributed by atoms with van der Waals surface area (Å²) in [6, 6.07) is 43.4. The van der Waals surface area contributed by atoms with Crippen LogP contribution in [0.5, 0.6) is 0 Å². The van der Waals surface area contributed by atoms with Crippen molar-refractivity contribution in [2.45, 2.75) is 64.7 Å². The summed E-state index contributed by atoms with van der Waals surface area (Å²) < 4.78 is 6.26. The van der Waals surface area contributed by atoms with Gasteiger partial charge in [0.25, 0.3) is 0 Å². The predicted molar refractivity (Wildman–Crippen MR) is 198 cm³/mol. The molecular formula is C46H40O. The van der Waals surface area contributed by atoms with Gasteiger partial charge in [0.15, 0.2) is 0 Å². The Bertz CT molecular complexity index is 2440. The zero-order valence-corrected chi connectivity index (χ0v) is 28.4. The van der Waals surface area contributed by atoms with Crippen LogP contribution in [0, 0.1) is 0 Å². The molecule has 0 radical (unpaired) electrons. The predicted octanol–water partition coefficient (Wildman–Crippen LogP) is 12.8. The second-order valence-corrected chi connectivity index (χ2v) is 15.9. The molecule has 1 heterocycles. The monoisotopic (exact) mass is 608 g/mol. The van der Waals surface area contributed by atoms with Crippen molar-refractivity contribution >= 4 is 21.9 Å². The molecule has 7 aromatic rings. The van der Waals surface area contributed by atoms with Crippen LogP contribution in [-0.2, 0) is 16.2 Å². The maximum atomic E-state index is 6.26. The maximum absolute atomic E-state index is 6.26. The van der Waals surface area contributed by atoms with Crippen LogP contribution in [-0.4, -0.2) is 0 Å². The largest absolute Gasteiger partial charge is 0.456 e. The summed E-state index contributed by atoms with van der Waals surface area (Å²) in [7, 11) is 0. The highest BCUT2D eigenvalue weighted by Gasteiger charge is 2.37. The molecule has 2 aliphatic carbocycles. The molecule has 0 amide bonds. The zero-order valence-electron chi connectivity index (χ0n) is 28.4. The molecule has 0 aliphatic heterocycles. The highest BCUT2D eigenvalue weighted by Crippen LogP contribution is 2.52. The molecule has 0 N–H and O–H groups in total. The van der Waals surface area contributed by atoms with E-state index >= 15 is 0 Å². The lowest BCUT2D eigenvalue weighted by Gasteiger charge is -2.23. The second kappa shape index (κ2) is 9.35. The maximum Gasteiger partial charge on any atom is 0.135 e. The average Bonchev–Trinajstić information content (AvgIpc) is 3.62. The van der Waals surface area contributed by atoms with Crippen molar-refractivity contribution in [1.82, 2.24) is 0 Å². The summed E-state index contributed by atoms with van der Waals surface area (Å²) in [5.74, 6) is 0. The van der Waals surface area contributed by atoms with E-state index in [0.29, 0.717) is 0 Å². The first-order valence-electron chi connectivity index (χ1n) is 16.9. The number of furan rings is 1. The Hall–Kier alpha value is -4.88. The quantitative estimate of drug-likeness (QED) is 0.190. The average molecular weight is 609 g/mol. The van der Waals surface area contributed by atoms with Gasteiger partial charge in [-0.15, -0.1) is 0 Å². The van der Waals surface area contributed by atoms with E-state index in [2.05, 4.69) is 164 Å². The molecule has 0 spiro atoms. The normalized spacial score (nSPS) is 15.5. The third-order valence-electron chi connectivity index (χ3n) is 11.3. The fourth-order valence-electron chi connectivity index (χ4n) is 8.40. The van der Waals surface area contributed by atoms with Gasteiger partial charge in [-0.3, -0.25) is 0 Å². The molecule has 47 heavy (non-hydrogen) atoms. The van der Waals surface area contributed by atoms with Crippen LogP contribution in [0.4, 0.5) is 0 Å². The smallest absolute Gasteiger partial charge is 0.135 e. The lowest BCUT2D eigenvalue weighted by atomic mass is 9.80.